The molecule has 0 saturated carbocycles. The van der Waals surface area contributed by atoms with Crippen LogP contribution in [0.3, 0.4) is 0 Å². The van der Waals surface area contributed by atoms with E-state index >= 15 is 0 Å². The highest BCUT2D eigenvalue weighted by Gasteiger charge is 2.61. The van der Waals surface area contributed by atoms with Crippen molar-refractivity contribution >= 4 is 15.9 Å². The summed E-state index contributed by atoms with van der Waals surface area (Å²) < 4.78 is 34.2. The maximum Gasteiger partial charge on any atom is 0.273 e. The predicted molar refractivity (Wildman–Crippen MR) is 103 cm³/mol. The standard InChI is InChI=1S/C19H23N5O4S/c1-11-3-6-18(17(7-11)28-2)29(26,27)24-15-4-5-16(24)13-10-23(9-12(13)15)19(25)14-8-20-22-21-14/h3,6-8,12-13,15-16H,4-5,9-10H2,1-2H3,(H,20,21,22)/t12-,13+,15+,16-. The van der Waals surface area contributed by atoms with E-state index in [-0.39, 0.29) is 34.7 Å². The van der Waals surface area contributed by atoms with E-state index in [0.29, 0.717) is 24.5 Å². The van der Waals surface area contributed by atoms with Gasteiger partial charge < -0.3 is 9.64 Å². The molecule has 1 amide bonds. The molecule has 1 aromatic heterocycles. The first-order valence-corrected chi connectivity index (χ1v) is 11.2. The number of carbonyl (C=O) groups excluding carboxylic acids is 1. The second-order valence-electron chi connectivity index (χ2n) is 8.11. The smallest absolute Gasteiger partial charge is 0.273 e. The van der Waals surface area contributed by atoms with Crippen molar-refractivity contribution in [3.8, 4) is 5.75 Å². The molecule has 3 fully saturated rings. The van der Waals surface area contributed by atoms with Crippen molar-refractivity contribution in [2.75, 3.05) is 20.2 Å². The van der Waals surface area contributed by atoms with E-state index in [0.717, 1.165) is 18.4 Å². The molecule has 5 rings (SSSR count). The summed E-state index contributed by atoms with van der Waals surface area (Å²) in [7, 11) is -2.18. The van der Waals surface area contributed by atoms with Gasteiger partial charge in [-0.1, -0.05) is 11.3 Å². The first-order valence-electron chi connectivity index (χ1n) is 9.75. The third kappa shape index (κ3) is 2.69. The van der Waals surface area contributed by atoms with Gasteiger partial charge in [-0.05, 0) is 49.3 Å². The maximum atomic E-state index is 13.6. The van der Waals surface area contributed by atoms with Crippen molar-refractivity contribution in [3.05, 3.63) is 35.7 Å². The molecule has 3 aliphatic rings. The molecular weight excluding hydrogens is 394 g/mol. The normalized spacial score (nSPS) is 28.7. The molecule has 0 aliphatic carbocycles. The zero-order valence-corrected chi connectivity index (χ0v) is 17.1. The van der Waals surface area contributed by atoms with Gasteiger partial charge >= 0.3 is 0 Å². The number of carbonyl (C=O) groups is 1. The van der Waals surface area contributed by atoms with Crippen molar-refractivity contribution in [2.24, 2.45) is 11.8 Å². The van der Waals surface area contributed by atoms with E-state index in [1.807, 2.05) is 6.92 Å². The minimum atomic E-state index is -3.68. The number of nitrogens with zero attached hydrogens (tertiary/aromatic N) is 4. The van der Waals surface area contributed by atoms with Gasteiger partial charge in [0.05, 0.1) is 13.3 Å². The highest BCUT2D eigenvalue weighted by atomic mass is 32.2. The van der Waals surface area contributed by atoms with Gasteiger partial charge in [-0.3, -0.25) is 9.89 Å². The van der Waals surface area contributed by atoms with Gasteiger partial charge in [0.25, 0.3) is 5.91 Å². The molecule has 0 spiro atoms. The molecule has 4 heterocycles. The van der Waals surface area contributed by atoms with E-state index in [9.17, 15) is 13.2 Å². The van der Waals surface area contributed by atoms with Crippen molar-refractivity contribution in [1.82, 2.24) is 24.6 Å². The number of H-pyrrole nitrogens is 1. The summed E-state index contributed by atoms with van der Waals surface area (Å²) in [5.41, 5.74) is 1.32. The monoisotopic (exact) mass is 417 g/mol. The van der Waals surface area contributed by atoms with E-state index in [2.05, 4.69) is 15.4 Å². The highest BCUT2D eigenvalue weighted by molar-refractivity contribution is 7.89. The molecule has 1 aromatic carbocycles. The van der Waals surface area contributed by atoms with Gasteiger partial charge in [0.15, 0.2) is 0 Å². The second-order valence-corrected chi connectivity index (χ2v) is 9.92. The Kier molecular flexibility index (Phi) is 4.18. The van der Waals surface area contributed by atoms with Crippen molar-refractivity contribution in [1.29, 1.82) is 0 Å². The highest BCUT2D eigenvalue weighted by Crippen LogP contribution is 2.52. The van der Waals surface area contributed by atoms with Crippen molar-refractivity contribution in [2.45, 2.75) is 36.7 Å². The first kappa shape index (κ1) is 18.6. The Morgan fingerprint density at radius 3 is 2.48 bits per heavy atom. The van der Waals surface area contributed by atoms with Crippen LogP contribution in [0.5, 0.6) is 5.75 Å². The Morgan fingerprint density at radius 1 is 1.21 bits per heavy atom. The van der Waals surface area contributed by atoms with Crippen molar-refractivity contribution < 1.29 is 17.9 Å². The zero-order chi connectivity index (χ0) is 20.3. The Balaban J connectivity index is 1.43. The summed E-state index contributed by atoms with van der Waals surface area (Å²) in [6.07, 6.45) is 3.07. The fourth-order valence-corrected chi connectivity index (χ4v) is 7.51. The minimum Gasteiger partial charge on any atom is -0.495 e. The predicted octanol–water partition coefficient (Wildman–Crippen LogP) is 1.05. The lowest BCUT2D eigenvalue weighted by Gasteiger charge is -2.27. The van der Waals surface area contributed by atoms with Crippen LogP contribution in [0.4, 0.5) is 0 Å². The van der Waals surface area contributed by atoms with Gasteiger partial charge in [-0.15, -0.1) is 5.10 Å². The SMILES string of the molecule is COc1cc(C)ccc1S(=O)(=O)N1[C@@H]2CC[C@H]1[C@@H]1CN(C(=O)c3cnn[nH]3)C[C@@H]12. The number of aromatic nitrogens is 3. The number of ether oxygens (including phenoxy) is 1. The van der Waals surface area contributed by atoms with Crippen LogP contribution in [0.15, 0.2) is 29.3 Å². The van der Waals surface area contributed by atoms with Gasteiger partial charge in [-0.25, -0.2) is 8.42 Å². The second kappa shape index (κ2) is 6.53. The molecule has 154 valence electrons. The van der Waals surface area contributed by atoms with Gasteiger partial charge in [0, 0.05) is 25.2 Å². The molecule has 9 nitrogen and oxygen atoms in total. The molecule has 0 unspecified atom stereocenters. The lowest BCUT2D eigenvalue weighted by molar-refractivity contribution is 0.0767. The molecule has 3 aliphatic heterocycles. The van der Waals surface area contributed by atoms with Crippen LogP contribution in [0.2, 0.25) is 0 Å². The van der Waals surface area contributed by atoms with Crippen LogP contribution in [-0.4, -0.2) is 71.2 Å². The summed E-state index contributed by atoms with van der Waals surface area (Å²) >= 11 is 0. The quantitative estimate of drug-likeness (QED) is 0.796. The Labute approximate surface area is 169 Å². The summed E-state index contributed by atoms with van der Waals surface area (Å²) in [6, 6.07) is 5.02. The van der Waals surface area contributed by atoms with Gasteiger partial charge in [-0.2, -0.15) is 4.31 Å². The summed E-state index contributed by atoms with van der Waals surface area (Å²) in [4.78, 5) is 14.7. The number of methoxy groups -OCH3 is 1. The lowest BCUT2D eigenvalue weighted by Crippen LogP contribution is -2.41. The Morgan fingerprint density at radius 2 is 1.90 bits per heavy atom. The minimum absolute atomic E-state index is 0.0845. The molecular formula is C19H23N5O4S. The fraction of sp³-hybridized carbons (Fsp3) is 0.526. The average molecular weight is 417 g/mol. The molecule has 29 heavy (non-hydrogen) atoms. The number of sulfonamides is 1. The zero-order valence-electron chi connectivity index (χ0n) is 16.3. The van der Waals surface area contributed by atoms with E-state index in [4.69, 9.17) is 4.74 Å². The third-order valence-corrected chi connectivity index (χ3v) is 8.61. The Hall–Kier alpha value is -2.46. The molecule has 3 saturated heterocycles. The van der Waals surface area contributed by atoms with Crippen LogP contribution in [-0.2, 0) is 10.0 Å². The summed E-state index contributed by atoms with van der Waals surface area (Å²) in [5.74, 6) is 0.558. The number of likely N-dealkylation sites (tertiary alicyclic amines) is 1. The van der Waals surface area contributed by atoms with E-state index in [1.54, 1.807) is 27.4 Å². The van der Waals surface area contributed by atoms with Crippen LogP contribution in [0.25, 0.3) is 0 Å². The van der Waals surface area contributed by atoms with Crippen LogP contribution in [0.1, 0.15) is 28.9 Å². The molecule has 2 aromatic rings. The van der Waals surface area contributed by atoms with Crippen LogP contribution in [0, 0.1) is 18.8 Å². The molecule has 10 heteroatoms. The first-order chi connectivity index (χ1) is 13.9. The number of amides is 1. The molecule has 4 atom stereocenters. The summed E-state index contributed by atoms with van der Waals surface area (Å²) in [6.45, 7) is 3.02. The third-order valence-electron chi connectivity index (χ3n) is 6.62. The van der Waals surface area contributed by atoms with E-state index in [1.165, 1.54) is 13.3 Å². The maximum absolute atomic E-state index is 13.6. The number of aryl methyl sites for hydroxylation is 1. The number of hydrogen-bond donors (Lipinski definition) is 1. The largest absolute Gasteiger partial charge is 0.495 e. The van der Waals surface area contributed by atoms with Gasteiger partial charge in [0.1, 0.15) is 16.3 Å². The lowest BCUT2D eigenvalue weighted by atomic mass is 9.82. The Bertz CT molecular complexity index is 1030. The number of aromatic amines is 1. The summed E-state index contributed by atoms with van der Waals surface area (Å²) in [5, 5.41) is 9.90. The average Bonchev–Trinajstić information content (AvgIpc) is 3.48. The molecule has 1 N–H and O–H groups in total. The van der Waals surface area contributed by atoms with E-state index < -0.39 is 10.0 Å². The number of benzene rings is 1. The number of rotatable bonds is 4. The van der Waals surface area contributed by atoms with Crippen LogP contribution >= 0.6 is 0 Å². The number of hydrogen-bond acceptors (Lipinski definition) is 6. The van der Waals surface area contributed by atoms with Crippen LogP contribution < -0.4 is 4.74 Å². The number of fused-ring (bicyclic) bond motifs is 5. The van der Waals surface area contributed by atoms with Gasteiger partial charge in [0.2, 0.25) is 10.0 Å². The number of nitrogens with one attached hydrogen (secondary N) is 1. The molecule has 2 bridgehead atoms. The topological polar surface area (TPSA) is 108 Å². The molecule has 0 radical (unpaired) electrons. The van der Waals surface area contributed by atoms with Crippen molar-refractivity contribution in [3.63, 3.8) is 0 Å². The fourth-order valence-electron chi connectivity index (χ4n) is 5.41.